The second-order valence-electron chi connectivity index (χ2n) is 4.78. The van der Waals surface area contributed by atoms with E-state index in [2.05, 4.69) is 10.4 Å². The molecule has 0 radical (unpaired) electrons. The van der Waals surface area contributed by atoms with E-state index >= 15 is 0 Å². The Morgan fingerprint density at radius 3 is 3.10 bits per heavy atom. The van der Waals surface area contributed by atoms with Crippen LogP contribution in [0.5, 0.6) is 0 Å². The Hall–Kier alpha value is -1.92. The topological polar surface area (TPSA) is 56.2 Å². The number of nitrogens with one attached hydrogen (secondary N) is 1. The Bertz CT molecular complexity index is 648. The average Bonchev–Trinajstić information content (AvgIpc) is 3.08. The van der Waals surface area contributed by atoms with Crippen LogP contribution in [0.2, 0.25) is 5.02 Å². The number of rotatable bonds is 3. The number of ether oxygens (including phenoxy) is 1. The van der Waals surface area contributed by atoms with Crippen molar-refractivity contribution in [2.24, 2.45) is 0 Å². The second-order valence-corrected chi connectivity index (χ2v) is 5.18. The minimum absolute atomic E-state index is 0.0732. The number of hydrogen-bond donors (Lipinski definition) is 1. The molecule has 2 aromatic rings. The minimum Gasteiger partial charge on any atom is -0.379 e. The van der Waals surface area contributed by atoms with Crippen LogP contribution in [-0.2, 0) is 4.74 Å². The maximum absolute atomic E-state index is 13.7. The van der Waals surface area contributed by atoms with Crippen molar-refractivity contribution >= 4 is 23.2 Å². The number of benzene rings is 1. The van der Waals surface area contributed by atoms with E-state index in [0.717, 1.165) is 6.42 Å². The molecule has 7 heteroatoms. The van der Waals surface area contributed by atoms with Crippen LogP contribution in [0, 0.1) is 5.82 Å². The summed E-state index contributed by atoms with van der Waals surface area (Å²) in [6.07, 6.45) is 4.10. The van der Waals surface area contributed by atoms with Crippen molar-refractivity contribution < 1.29 is 13.9 Å². The number of carbonyl (C=O) groups is 1. The Kier molecular flexibility index (Phi) is 3.90. The number of aromatic nitrogens is 2. The highest BCUT2D eigenvalue weighted by Crippen LogP contribution is 2.22. The van der Waals surface area contributed by atoms with Gasteiger partial charge in [-0.25, -0.2) is 4.39 Å². The van der Waals surface area contributed by atoms with Gasteiger partial charge in [0.1, 0.15) is 5.82 Å². The van der Waals surface area contributed by atoms with E-state index in [9.17, 15) is 9.18 Å². The van der Waals surface area contributed by atoms with E-state index in [1.165, 1.54) is 24.4 Å². The van der Waals surface area contributed by atoms with Gasteiger partial charge in [-0.2, -0.15) is 5.10 Å². The normalized spacial score (nSPS) is 17.9. The first-order valence-electron chi connectivity index (χ1n) is 6.52. The molecule has 1 aromatic heterocycles. The third-order valence-corrected chi connectivity index (χ3v) is 3.64. The molecule has 0 spiro atoms. The van der Waals surface area contributed by atoms with Crippen molar-refractivity contribution in [2.75, 3.05) is 18.5 Å². The van der Waals surface area contributed by atoms with Crippen molar-refractivity contribution in [3.63, 3.8) is 0 Å². The maximum atomic E-state index is 13.7. The molecule has 0 bridgehead atoms. The fourth-order valence-electron chi connectivity index (χ4n) is 2.24. The molecule has 1 aromatic carbocycles. The van der Waals surface area contributed by atoms with Crippen LogP contribution in [-0.4, -0.2) is 28.9 Å². The zero-order valence-electron chi connectivity index (χ0n) is 11.1. The van der Waals surface area contributed by atoms with Crippen molar-refractivity contribution in [2.45, 2.75) is 12.5 Å². The predicted molar refractivity (Wildman–Crippen MR) is 76.1 cm³/mol. The number of amides is 1. The molecule has 0 aliphatic carbocycles. The van der Waals surface area contributed by atoms with Gasteiger partial charge >= 0.3 is 0 Å². The van der Waals surface area contributed by atoms with E-state index in [0.29, 0.717) is 18.9 Å². The summed E-state index contributed by atoms with van der Waals surface area (Å²) in [6, 6.07) is 4.29. The first-order chi connectivity index (χ1) is 10.1. The number of carbonyl (C=O) groups excluding carboxylic acids is 1. The summed E-state index contributed by atoms with van der Waals surface area (Å²) in [5.74, 6) is -1.25. The third kappa shape index (κ3) is 2.91. The van der Waals surface area contributed by atoms with Crippen molar-refractivity contribution in [1.29, 1.82) is 0 Å². The molecule has 110 valence electrons. The lowest BCUT2D eigenvalue weighted by Crippen LogP contribution is -2.14. The summed E-state index contributed by atoms with van der Waals surface area (Å²) in [4.78, 5) is 12.1. The molecule has 1 fully saturated rings. The quantitative estimate of drug-likeness (QED) is 0.948. The van der Waals surface area contributed by atoms with Crippen molar-refractivity contribution in [1.82, 2.24) is 9.78 Å². The van der Waals surface area contributed by atoms with Crippen LogP contribution in [0.3, 0.4) is 0 Å². The first-order valence-corrected chi connectivity index (χ1v) is 6.90. The number of halogens is 2. The zero-order chi connectivity index (χ0) is 14.8. The third-order valence-electron chi connectivity index (χ3n) is 3.33. The van der Waals surface area contributed by atoms with E-state index in [4.69, 9.17) is 16.3 Å². The van der Waals surface area contributed by atoms with Crippen LogP contribution < -0.4 is 5.32 Å². The number of hydrogen-bond acceptors (Lipinski definition) is 3. The largest absolute Gasteiger partial charge is 0.379 e. The molecular formula is C14H13ClFN3O2. The summed E-state index contributed by atoms with van der Waals surface area (Å²) in [7, 11) is 0. The highest BCUT2D eigenvalue weighted by Gasteiger charge is 2.20. The lowest BCUT2D eigenvalue weighted by atomic mass is 10.2. The molecule has 3 rings (SSSR count). The Labute approximate surface area is 125 Å². The molecule has 0 saturated carbocycles. The summed E-state index contributed by atoms with van der Waals surface area (Å²) >= 11 is 5.86. The first kappa shape index (κ1) is 14.0. The van der Waals surface area contributed by atoms with E-state index < -0.39 is 11.7 Å². The van der Waals surface area contributed by atoms with Gasteiger partial charge in [0.05, 0.1) is 35.1 Å². The van der Waals surface area contributed by atoms with Crippen LogP contribution in [0.15, 0.2) is 30.6 Å². The molecule has 1 saturated heterocycles. The van der Waals surface area contributed by atoms with Gasteiger partial charge in [0.2, 0.25) is 0 Å². The lowest BCUT2D eigenvalue weighted by molar-refractivity contribution is 0.102. The summed E-state index contributed by atoms with van der Waals surface area (Å²) < 4.78 is 20.7. The van der Waals surface area contributed by atoms with Crippen LogP contribution in [0.25, 0.3) is 0 Å². The molecule has 1 aliphatic rings. The standard InChI is InChI=1S/C14H13ClFN3O2/c15-11-2-1-3-12(16)13(11)14(20)18-9-6-17-19(7-9)10-4-5-21-8-10/h1-3,6-7,10H,4-5,8H2,(H,18,20)/t10-/m0/s1. The molecule has 0 unspecified atom stereocenters. The second kappa shape index (κ2) is 5.83. The van der Waals surface area contributed by atoms with Gasteiger partial charge < -0.3 is 10.1 Å². The molecule has 1 amide bonds. The highest BCUT2D eigenvalue weighted by atomic mass is 35.5. The van der Waals surface area contributed by atoms with Gasteiger partial charge in [0.25, 0.3) is 5.91 Å². The van der Waals surface area contributed by atoms with E-state index in [-0.39, 0.29) is 16.6 Å². The summed E-state index contributed by atoms with van der Waals surface area (Å²) in [5.41, 5.74) is 0.322. The van der Waals surface area contributed by atoms with Gasteiger partial charge in [0.15, 0.2) is 0 Å². The molecule has 2 heterocycles. The average molecular weight is 310 g/mol. The van der Waals surface area contributed by atoms with E-state index in [1.807, 2.05) is 0 Å². The molecule has 5 nitrogen and oxygen atoms in total. The molecule has 1 N–H and O–H groups in total. The Balaban J connectivity index is 1.76. The predicted octanol–water partition coefficient (Wildman–Crippen LogP) is 2.89. The lowest BCUT2D eigenvalue weighted by Gasteiger charge is -2.07. The molecular weight excluding hydrogens is 297 g/mol. The van der Waals surface area contributed by atoms with Crippen LogP contribution >= 0.6 is 11.6 Å². The Morgan fingerprint density at radius 1 is 1.52 bits per heavy atom. The maximum Gasteiger partial charge on any atom is 0.260 e. The highest BCUT2D eigenvalue weighted by molar-refractivity contribution is 6.34. The summed E-state index contributed by atoms with van der Waals surface area (Å²) in [6.45, 7) is 1.31. The zero-order valence-corrected chi connectivity index (χ0v) is 11.8. The minimum atomic E-state index is -0.656. The summed E-state index contributed by atoms with van der Waals surface area (Å²) in [5, 5.41) is 6.85. The molecule has 21 heavy (non-hydrogen) atoms. The van der Waals surface area contributed by atoms with Crippen molar-refractivity contribution in [3.8, 4) is 0 Å². The van der Waals surface area contributed by atoms with Gasteiger partial charge in [-0.3, -0.25) is 9.48 Å². The Morgan fingerprint density at radius 2 is 2.38 bits per heavy atom. The number of anilines is 1. The van der Waals surface area contributed by atoms with E-state index in [1.54, 1.807) is 10.9 Å². The van der Waals surface area contributed by atoms with Gasteiger partial charge in [-0.05, 0) is 18.6 Å². The van der Waals surface area contributed by atoms with Gasteiger partial charge in [-0.15, -0.1) is 0 Å². The van der Waals surface area contributed by atoms with Crippen molar-refractivity contribution in [3.05, 3.63) is 47.0 Å². The van der Waals surface area contributed by atoms with Crippen LogP contribution in [0.1, 0.15) is 22.8 Å². The van der Waals surface area contributed by atoms with Gasteiger partial charge in [0, 0.05) is 12.8 Å². The SMILES string of the molecule is O=C(Nc1cnn([C@H]2CCOC2)c1)c1c(F)cccc1Cl. The fourth-order valence-corrected chi connectivity index (χ4v) is 2.49. The van der Waals surface area contributed by atoms with Crippen LogP contribution in [0.4, 0.5) is 10.1 Å². The smallest absolute Gasteiger partial charge is 0.260 e. The molecule has 1 aliphatic heterocycles. The fraction of sp³-hybridized carbons (Fsp3) is 0.286. The monoisotopic (exact) mass is 309 g/mol. The number of nitrogens with zero attached hydrogens (tertiary/aromatic N) is 2. The van der Waals surface area contributed by atoms with Gasteiger partial charge in [-0.1, -0.05) is 17.7 Å². The molecule has 1 atom stereocenters.